The van der Waals surface area contributed by atoms with Crippen molar-refractivity contribution in [1.29, 1.82) is 0 Å². The van der Waals surface area contributed by atoms with Gasteiger partial charge in [0.2, 0.25) is 0 Å². The van der Waals surface area contributed by atoms with Crippen LogP contribution in [0, 0.1) is 0 Å². The highest BCUT2D eigenvalue weighted by Gasteiger charge is 2.08. The predicted octanol–water partition coefficient (Wildman–Crippen LogP) is -2.41. The Kier molecular flexibility index (Phi) is 2.60. The van der Waals surface area contributed by atoms with Crippen molar-refractivity contribution >= 4 is 5.97 Å². The van der Waals surface area contributed by atoms with E-state index in [4.69, 9.17) is 5.11 Å². The molecular formula is C7H8N6O4. The lowest BCUT2D eigenvalue weighted by Gasteiger charge is -1.93. The first-order chi connectivity index (χ1) is 8.06. The van der Waals surface area contributed by atoms with Gasteiger partial charge in [-0.3, -0.25) is 4.79 Å². The summed E-state index contributed by atoms with van der Waals surface area (Å²) in [5.74, 6) is -1.06. The molecule has 0 bridgehead atoms. The molecule has 0 saturated carbocycles. The zero-order valence-electron chi connectivity index (χ0n) is 8.45. The molecule has 10 nitrogen and oxygen atoms in total. The van der Waals surface area contributed by atoms with Crippen LogP contribution >= 0.6 is 0 Å². The highest BCUT2D eigenvalue weighted by atomic mass is 16.4. The fourth-order valence-electron chi connectivity index (χ4n) is 1.27. The van der Waals surface area contributed by atoms with Crippen molar-refractivity contribution in [2.75, 3.05) is 0 Å². The highest BCUT2D eigenvalue weighted by Crippen LogP contribution is 1.93. The summed E-state index contributed by atoms with van der Waals surface area (Å²) in [6.45, 7) is -0.400. The number of aliphatic carboxylic acids is 1. The average molecular weight is 240 g/mol. The molecule has 0 aliphatic heterocycles. The molecule has 0 amide bonds. The quantitative estimate of drug-likeness (QED) is 0.544. The lowest BCUT2D eigenvalue weighted by atomic mass is 10.4. The third kappa shape index (κ3) is 2.30. The lowest BCUT2D eigenvalue weighted by Crippen LogP contribution is -2.27. The maximum atomic E-state index is 11.2. The summed E-state index contributed by atoms with van der Waals surface area (Å²) in [6, 6.07) is 0. The van der Waals surface area contributed by atoms with E-state index >= 15 is 0 Å². The summed E-state index contributed by atoms with van der Waals surface area (Å²) in [4.78, 5) is 32.7. The summed E-state index contributed by atoms with van der Waals surface area (Å²) >= 11 is 0. The van der Waals surface area contributed by atoms with E-state index in [0.717, 1.165) is 9.25 Å². The highest BCUT2D eigenvalue weighted by molar-refractivity contribution is 5.66. The molecule has 2 rings (SSSR count). The Hall–Kier alpha value is -2.65. The first kappa shape index (κ1) is 10.9. The van der Waals surface area contributed by atoms with Gasteiger partial charge in [-0.15, -0.1) is 5.10 Å². The number of hydrogen-bond donors (Lipinski definition) is 3. The second kappa shape index (κ2) is 4.08. The predicted molar refractivity (Wildman–Crippen MR) is 52.4 cm³/mol. The van der Waals surface area contributed by atoms with Gasteiger partial charge in [0.1, 0.15) is 12.2 Å². The number of rotatable bonds is 4. The Morgan fingerprint density at radius 2 is 2.00 bits per heavy atom. The van der Waals surface area contributed by atoms with Gasteiger partial charge in [0.15, 0.2) is 0 Å². The zero-order valence-corrected chi connectivity index (χ0v) is 8.45. The van der Waals surface area contributed by atoms with E-state index in [1.807, 2.05) is 0 Å². The molecule has 0 saturated heterocycles. The minimum atomic E-state index is -1.06. The van der Waals surface area contributed by atoms with E-state index in [0.29, 0.717) is 5.69 Å². The van der Waals surface area contributed by atoms with Crippen LogP contribution in [0.3, 0.4) is 0 Å². The molecule has 17 heavy (non-hydrogen) atoms. The molecular weight excluding hydrogens is 232 g/mol. The smallest absolute Gasteiger partial charge is 0.344 e. The molecule has 0 aliphatic rings. The fourth-order valence-corrected chi connectivity index (χ4v) is 1.27. The first-order valence-electron chi connectivity index (χ1n) is 4.54. The van der Waals surface area contributed by atoms with Crippen LogP contribution in [0.1, 0.15) is 5.69 Å². The second-order valence-electron chi connectivity index (χ2n) is 3.25. The van der Waals surface area contributed by atoms with E-state index in [9.17, 15) is 14.4 Å². The minimum absolute atomic E-state index is 0.0721. The first-order valence-corrected chi connectivity index (χ1v) is 4.54. The van der Waals surface area contributed by atoms with E-state index < -0.39 is 17.3 Å². The monoisotopic (exact) mass is 240 g/mol. The molecule has 2 heterocycles. The Labute approximate surface area is 92.5 Å². The van der Waals surface area contributed by atoms with Crippen molar-refractivity contribution in [3.05, 3.63) is 32.9 Å². The van der Waals surface area contributed by atoms with Crippen molar-refractivity contribution in [3.63, 3.8) is 0 Å². The third-order valence-corrected chi connectivity index (χ3v) is 1.97. The number of carboxylic acid groups (broad SMARTS) is 1. The van der Waals surface area contributed by atoms with Gasteiger partial charge in [0.05, 0.1) is 12.7 Å². The molecule has 0 radical (unpaired) electrons. The number of nitrogens with one attached hydrogen (secondary N) is 2. The number of aromatic amines is 2. The molecule has 0 aliphatic carbocycles. The van der Waals surface area contributed by atoms with Gasteiger partial charge < -0.3 is 5.11 Å². The van der Waals surface area contributed by atoms with E-state index in [1.165, 1.54) is 6.20 Å². The van der Waals surface area contributed by atoms with Gasteiger partial charge in [-0.1, -0.05) is 5.21 Å². The maximum Gasteiger partial charge on any atom is 0.344 e. The molecule has 90 valence electrons. The van der Waals surface area contributed by atoms with Gasteiger partial charge in [0, 0.05) is 0 Å². The summed E-state index contributed by atoms with van der Waals surface area (Å²) in [7, 11) is 0. The molecule has 0 spiro atoms. The molecule has 2 aromatic heterocycles. The fraction of sp³-hybridized carbons (Fsp3) is 0.286. The topological polar surface area (TPSA) is 139 Å². The van der Waals surface area contributed by atoms with Gasteiger partial charge in [-0.25, -0.2) is 29.0 Å². The molecule has 0 unspecified atom stereocenters. The molecule has 0 fully saturated rings. The molecule has 2 aromatic rings. The standard InChI is InChI=1S/C7H8N6O4/c14-5(15)3-12-1-4(8-11-12)2-13-6(16)9-10-7(13)17/h1H,2-3H2,(H,9,16)(H,10,17)(H,14,15). The number of carboxylic acids is 1. The maximum absolute atomic E-state index is 11.2. The van der Waals surface area contributed by atoms with E-state index in [2.05, 4.69) is 20.5 Å². The van der Waals surface area contributed by atoms with Gasteiger partial charge in [0.25, 0.3) is 0 Å². The summed E-state index contributed by atoms with van der Waals surface area (Å²) < 4.78 is 1.98. The Bertz CT molecular complexity index is 618. The number of nitrogens with zero attached hydrogens (tertiary/aromatic N) is 4. The zero-order chi connectivity index (χ0) is 12.4. The molecule has 0 aromatic carbocycles. The number of aromatic nitrogens is 6. The number of hydrogen-bond acceptors (Lipinski definition) is 5. The lowest BCUT2D eigenvalue weighted by molar-refractivity contribution is -0.137. The number of H-pyrrole nitrogens is 2. The Morgan fingerprint density at radius 3 is 2.59 bits per heavy atom. The van der Waals surface area contributed by atoms with Crippen LogP contribution in [-0.4, -0.2) is 40.8 Å². The van der Waals surface area contributed by atoms with E-state index in [1.54, 1.807) is 0 Å². The van der Waals surface area contributed by atoms with Crippen LogP contribution in [0.5, 0.6) is 0 Å². The van der Waals surface area contributed by atoms with Crippen molar-refractivity contribution in [1.82, 2.24) is 29.8 Å². The summed E-state index contributed by atoms with van der Waals surface area (Å²) in [5, 5.41) is 19.9. The summed E-state index contributed by atoms with van der Waals surface area (Å²) in [6.07, 6.45) is 1.35. The number of carbonyl (C=O) groups is 1. The van der Waals surface area contributed by atoms with E-state index in [-0.39, 0.29) is 13.1 Å². The SMILES string of the molecule is O=C(O)Cn1cc(Cn2c(=O)[nH][nH]c2=O)nn1. The van der Waals surface area contributed by atoms with Crippen molar-refractivity contribution < 1.29 is 9.90 Å². The van der Waals surface area contributed by atoms with Crippen molar-refractivity contribution in [2.24, 2.45) is 0 Å². The Morgan fingerprint density at radius 1 is 1.35 bits per heavy atom. The molecule has 0 atom stereocenters. The summed E-state index contributed by atoms with van der Waals surface area (Å²) in [5.41, 5.74) is -0.871. The molecule has 3 N–H and O–H groups in total. The average Bonchev–Trinajstić information content (AvgIpc) is 2.79. The van der Waals surface area contributed by atoms with Crippen LogP contribution < -0.4 is 11.4 Å². The Balaban J connectivity index is 2.20. The van der Waals surface area contributed by atoms with Gasteiger partial charge in [-0.05, 0) is 0 Å². The van der Waals surface area contributed by atoms with Crippen LogP contribution in [0.25, 0.3) is 0 Å². The van der Waals surface area contributed by atoms with Gasteiger partial charge in [-0.2, -0.15) is 0 Å². The minimum Gasteiger partial charge on any atom is -0.480 e. The van der Waals surface area contributed by atoms with Crippen LogP contribution in [0.15, 0.2) is 15.8 Å². The largest absolute Gasteiger partial charge is 0.480 e. The normalized spacial score (nSPS) is 10.6. The third-order valence-electron chi connectivity index (χ3n) is 1.97. The van der Waals surface area contributed by atoms with Crippen molar-refractivity contribution in [3.8, 4) is 0 Å². The van der Waals surface area contributed by atoms with Crippen LogP contribution in [0.2, 0.25) is 0 Å². The van der Waals surface area contributed by atoms with Crippen LogP contribution in [-0.2, 0) is 17.9 Å². The van der Waals surface area contributed by atoms with Gasteiger partial charge >= 0.3 is 17.3 Å². The second-order valence-corrected chi connectivity index (χ2v) is 3.25. The van der Waals surface area contributed by atoms with Crippen LogP contribution in [0.4, 0.5) is 0 Å². The van der Waals surface area contributed by atoms with Crippen molar-refractivity contribution in [2.45, 2.75) is 13.1 Å². The molecule has 10 heteroatoms.